The molecule has 3 aromatic rings. The molecule has 1 N–H and O–H groups in total. The standard InChI is InChI=1S/C24H18F3N3O2S/c1-14-6-3-10-20(15(14)2)30-22(32)19(21(31)28-23(30)33)13-18-9-5-11-29(18)17-8-4-7-16(12-17)24(25,26)27/h3-13H,1-2H3,(H,28,31,33)/b19-13-. The minimum atomic E-state index is -4.50. The fraction of sp³-hybridized carbons (Fsp3) is 0.125. The van der Waals surface area contributed by atoms with Crippen molar-refractivity contribution in [3.63, 3.8) is 0 Å². The Labute approximate surface area is 193 Å². The first kappa shape index (κ1) is 22.5. The lowest BCUT2D eigenvalue weighted by molar-refractivity contribution is -0.137. The van der Waals surface area contributed by atoms with Crippen molar-refractivity contribution in [2.45, 2.75) is 20.0 Å². The van der Waals surface area contributed by atoms with Gasteiger partial charge in [0.2, 0.25) is 0 Å². The molecule has 1 aliphatic rings. The zero-order chi connectivity index (χ0) is 23.9. The van der Waals surface area contributed by atoms with Crippen molar-refractivity contribution in [2.24, 2.45) is 0 Å². The van der Waals surface area contributed by atoms with Crippen molar-refractivity contribution < 1.29 is 22.8 Å². The van der Waals surface area contributed by atoms with Crippen LogP contribution in [-0.2, 0) is 15.8 Å². The molecule has 0 aliphatic carbocycles. The molecule has 1 aromatic heterocycles. The molecule has 1 aliphatic heterocycles. The number of hydrogen-bond donors (Lipinski definition) is 1. The van der Waals surface area contributed by atoms with Crippen molar-refractivity contribution in [1.29, 1.82) is 0 Å². The molecule has 2 aromatic carbocycles. The van der Waals surface area contributed by atoms with E-state index in [1.54, 1.807) is 30.5 Å². The molecule has 1 saturated heterocycles. The largest absolute Gasteiger partial charge is 0.416 e. The van der Waals surface area contributed by atoms with E-state index in [0.717, 1.165) is 23.3 Å². The molecular weight excluding hydrogens is 451 g/mol. The van der Waals surface area contributed by atoms with Crippen LogP contribution in [0, 0.1) is 13.8 Å². The summed E-state index contributed by atoms with van der Waals surface area (Å²) in [6, 6.07) is 13.4. The molecule has 2 heterocycles. The molecule has 9 heteroatoms. The van der Waals surface area contributed by atoms with Gasteiger partial charge in [-0.2, -0.15) is 13.2 Å². The van der Waals surface area contributed by atoms with Gasteiger partial charge in [0.05, 0.1) is 11.3 Å². The number of hydrogen-bond acceptors (Lipinski definition) is 3. The Bertz CT molecular complexity index is 1320. The number of carbonyl (C=O) groups excluding carboxylic acids is 2. The van der Waals surface area contributed by atoms with E-state index < -0.39 is 23.6 Å². The predicted octanol–water partition coefficient (Wildman–Crippen LogP) is 4.94. The average Bonchev–Trinajstić information content (AvgIpc) is 3.22. The number of anilines is 1. The van der Waals surface area contributed by atoms with E-state index in [1.165, 1.54) is 27.7 Å². The number of alkyl halides is 3. The number of amides is 2. The maximum absolute atomic E-state index is 13.3. The van der Waals surface area contributed by atoms with Gasteiger partial charge in [0.25, 0.3) is 11.8 Å². The summed E-state index contributed by atoms with van der Waals surface area (Å²) in [6.45, 7) is 3.74. The summed E-state index contributed by atoms with van der Waals surface area (Å²) in [5, 5.41) is 2.49. The molecule has 4 rings (SSSR count). The molecule has 0 unspecified atom stereocenters. The van der Waals surface area contributed by atoms with Gasteiger partial charge in [-0.3, -0.25) is 19.8 Å². The van der Waals surface area contributed by atoms with E-state index in [1.807, 2.05) is 19.9 Å². The number of carbonyl (C=O) groups is 2. The van der Waals surface area contributed by atoms with Gasteiger partial charge in [-0.1, -0.05) is 18.2 Å². The van der Waals surface area contributed by atoms with Crippen molar-refractivity contribution in [3.05, 3.63) is 88.8 Å². The van der Waals surface area contributed by atoms with Crippen molar-refractivity contribution in [3.8, 4) is 5.69 Å². The number of nitrogens with one attached hydrogen (secondary N) is 1. The Hall–Kier alpha value is -3.72. The van der Waals surface area contributed by atoms with E-state index in [9.17, 15) is 22.8 Å². The quantitative estimate of drug-likeness (QED) is 0.336. The fourth-order valence-electron chi connectivity index (χ4n) is 3.58. The van der Waals surface area contributed by atoms with Gasteiger partial charge < -0.3 is 4.57 Å². The molecule has 5 nitrogen and oxygen atoms in total. The minimum Gasteiger partial charge on any atom is -0.317 e. The average molecular weight is 469 g/mol. The number of halogens is 3. The van der Waals surface area contributed by atoms with Crippen LogP contribution in [0.3, 0.4) is 0 Å². The summed E-state index contributed by atoms with van der Waals surface area (Å²) in [4.78, 5) is 27.2. The molecule has 0 radical (unpaired) electrons. The highest BCUT2D eigenvalue weighted by Crippen LogP contribution is 2.31. The van der Waals surface area contributed by atoms with Crippen LogP contribution in [0.25, 0.3) is 11.8 Å². The second kappa shape index (κ2) is 8.32. The van der Waals surface area contributed by atoms with Crippen LogP contribution in [0.15, 0.2) is 66.4 Å². The monoisotopic (exact) mass is 469 g/mol. The Kier molecular flexibility index (Phi) is 5.67. The zero-order valence-electron chi connectivity index (χ0n) is 17.6. The lowest BCUT2D eigenvalue weighted by Crippen LogP contribution is -2.54. The fourth-order valence-corrected chi connectivity index (χ4v) is 3.85. The van der Waals surface area contributed by atoms with Gasteiger partial charge in [-0.05, 0) is 79.7 Å². The minimum absolute atomic E-state index is 0.0379. The van der Waals surface area contributed by atoms with Crippen molar-refractivity contribution in [2.75, 3.05) is 4.90 Å². The SMILES string of the molecule is Cc1cccc(N2C(=O)/C(=C\c3cccn3-c3cccc(C(F)(F)F)c3)C(=O)NC2=S)c1C. The van der Waals surface area contributed by atoms with Crippen LogP contribution in [0.1, 0.15) is 22.4 Å². The number of benzene rings is 2. The molecule has 1 fully saturated rings. The van der Waals surface area contributed by atoms with Crippen LogP contribution in [-0.4, -0.2) is 21.5 Å². The second-order valence-corrected chi connectivity index (χ2v) is 7.91. The summed E-state index contributed by atoms with van der Waals surface area (Å²) < 4.78 is 40.9. The van der Waals surface area contributed by atoms with E-state index in [-0.39, 0.29) is 16.4 Å². The van der Waals surface area contributed by atoms with Gasteiger partial charge in [0.15, 0.2) is 5.11 Å². The predicted molar refractivity (Wildman–Crippen MR) is 123 cm³/mol. The zero-order valence-corrected chi connectivity index (χ0v) is 18.4. The summed E-state index contributed by atoms with van der Waals surface area (Å²) >= 11 is 5.25. The highest BCUT2D eigenvalue weighted by Gasteiger charge is 2.35. The third kappa shape index (κ3) is 4.19. The van der Waals surface area contributed by atoms with Crippen LogP contribution < -0.4 is 10.2 Å². The first-order valence-electron chi connectivity index (χ1n) is 9.90. The number of rotatable bonds is 3. The molecule has 2 amide bonds. The van der Waals surface area contributed by atoms with Crippen LogP contribution in [0.5, 0.6) is 0 Å². The summed E-state index contributed by atoms with van der Waals surface area (Å²) in [6.07, 6.45) is -1.60. The summed E-state index contributed by atoms with van der Waals surface area (Å²) in [7, 11) is 0. The summed E-state index contributed by atoms with van der Waals surface area (Å²) in [5.74, 6) is -1.29. The maximum atomic E-state index is 13.3. The van der Waals surface area contributed by atoms with Crippen LogP contribution in [0.2, 0.25) is 0 Å². The molecular formula is C24H18F3N3O2S. The van der Waals surface area contributed by atoms with Crippen LogP contribution >= 0.6 is 12.2 Å². The highest BCUT2D eigenvalue weighted by atomic mass is 32.1. The molecule has 0 saturated carbocycles. The van der Waals surface area contributed by atoms with E-state index in [4.69, 9.17) is 12.2 Å². The van der Waals surface area contributed by atoms with Crippen molar-refractivity contribution in [1.82, 2.24) is 9.88 Å². The number of nitrogens with zero attached hydrogens (tertiary/aromatic N) is 2. The number of thiocarbonyl (C=S) groups is 1. The van der Waals surface area contributed by atoms with Gasteiger partial charge in [0.1, 0.15) is 5.57 Å². The number of aromatic nitrogens is 1. The molecule has 168 valence electrons. The topological polar surface area (TPSA) is 54.3 Å². The van der Waals surface area contributed by atoms with Gasteiger partial charge in [-0.25, -0.2) is 0 Å². The smallest absolute Gasteiger partial charge is 0.317 e. The normalized spacial score (nSPS) is 15.8. The Morgan fingerprint density at radius 3 is 2.45 bits per heavy atom. The first-order valence-corrected chi connectivity index (χ1v) is 10.3. The van der Waals surface area contributed by atoms with Gasteiger partial charge in [-0.15, -0.1) is 0 Å². The summed E-state index contributed by atoms with van der Waals surface area (Å²) in [5.41, 5.74) is 1.94. The molecule has 0 spiro atoms. The Balaban J connectivity index is 1.77. The number of aryl methyl sites for hydroxylation is 1. The van der Waals surface area contributed by atoms with Gasteiger partial charge >= 0.3 is 6.18 Å². The second-order valence-electron chi connectivity index (χ2n) is 7.53. The Morgan fingerprint density at radius 2 is 1.73 bits per heavy atom. The maximum Gasteiger partial charge on any atom is 0.416 e. The lowest BCUT2D eigenvalue weighted by atomic mass is 10.0. The Morgan fingerprint density at radius 1 is 1.00 bits per heavy atom. The van der Waals surface area contributed by atoms with E-state index >= 15 is 0 Å². The first-order chi connectivity index (χ1) is 15.6. The van der Waals surface area contributed by atoms with E-state index in [0.29, 0.717) is 11.4 Å². The molecule has 33 heavy (non-hydrogen) atoms. The van der Waals surface area contributed by atoms with Crippen LogP contribution in [0.4, 0.5) is 18.9 Å². The van der Waals surface area contributed by atoms with Gasteiger partial charge in [0, 0.05) is 17.6 Å². The van der Waals surface area contributed by atoms with Crippen molar-refractivity contribution >= 4 is 40.9 Å². The third-order valence-electron chi connectivity index (χ3n) is 5.44. The van der Waals surface area contributed by atoms with E-state index in [2.05, 4.69) is 5.32 Å². The third-order valence-corrected chi connectivity index (χ3v) is 5.73. The molecule has 0 atom stereocenters. The highest BCUT2D eigenvalue weighted by molar-refractivity contribution is 7.80. The lowest BCUT2D eigenvalue weighted by Gasteiger charge is -2.30. The molecule has 0 bridgehead atoms.